The van der Waals surface area contributed by atoms with Crippen LogP contribution in [0.2, 0.25) is 0 Å². The van der Waals surface area contributed by atoms with Crippen molar-refractivity contribution < 1.29 is 26.0 Å². The zero-order chi connectivity index (χ0) is 21.3. The molecule has 6 rings (SSSR count). The fraction of sp³-hybridized carbons (Fsp3) is 0.0690. The Balaban J connectivity index is 0.00000228. The number of para-hydroxylation sites is 3. The highest BCUT2D eigenvalue weighted by molar-refractivity contribution is 5.78. The summed E-state index contributed by atoms with van der Waals surface area (Å²) in [6.45, 7) is 0.815. The fourth-order valence-electron chi connectivity index (χ4n) is 4.55. The van der Waals surface area contributed by atoms with Gasteiger partial charge in [0.15, 0.2) is 22.8 Å². The molecule has 4 heteroatoms. The van der Waals surface area contributed by atoms with E-state index in [-0.39, 0.29) is 23.0 Å². The Hall–Kier alpha value is -3.63. The van der Waals surface area contributed by atoms with E-state index in [1.165, 1.54) is 22.2 Å². The number of hydrogen-bond donors (Lipinski definition) is 0. The minimum atomic E-state index is -0.0643. The molecule has 0 amide bonds. The van der Waals surface area contributed by atoms with Crippen LogP contribution in [0.4, 0.5) is 0 Å². The third-order valence-electron chi connectivity index (χ3n) is 6.04. The van der Waals surface area contributed by atoms with Crippen LogP contribution in [0, 0.1) is 0 Å². The summed E-state index contributed by atoms with van der Waals surface area (Å²) in [5.74, 6) is 0.935. The summed E-state index contributed by atoms with van der Waals surface area (Å²) in [5.41, 5.74) is 5.77. The van der Waals surface area contributed by atoms with Gasteiger partial charge in [-0.05, 0) is 29.8 Å². The number of hydrogen-bond acceptors (Lipinski definition) is 1. The highest BCUT2D eigenvalue weighted by atomic mass is 79.9. The summed E-state index contributed by atoms with van der Waals surface area (Å²) in [4.78, 5) is 0. The Kier molecular flexibility index (Phi) is 5.84. The molecule has 6 aromatic rings. The monoisotopic (exact) mass is 494 g/mol. The van der Waals surface area contributed by atoms with E-state index in [1.54, 1.807) is 0 Å². The molecule has 3 nitrogen and oxygen atoms in total. The lowest BCUT2D eigenvalue weighted by atomic mass is 10.0. The van der Waals surface area contributed by atoms with E-state index in [9.17, 15) is 0 Å². The van der Waals surface area contributed by atoms with Crippen LogP contribution in [0.25, 0.3) is 22.0 Å². The van der Waals surface area contributed by atoms with E-state index in [4.69, 9.17) is 4.42 Å². The molecule has 0 N–H and O–H groups in total. The summed E-state index contributed by atoms with van der Waals surface area (Å²) in [7, 11) is 0. The van der Waals surface area contributed by atoms with Crippen LogP contribution in [-0.4, -0.2) is 4.57 Å². The first kappa shape index (κ1) is 21.2. The molecule has 0 aliphatic heterocycles. The molecule has 1 atom stereocenters. The normalized spacial score (nSPS) is 12.0. The molecule has 0 spiro atoms. The summed E-state index contributed by atoms with van der Waals surface area (Å²) in [5, 5.41) is 1.12. The number of halogens is 1. The van der Waals surface area contributed by atoms with Gasteiger partial charge < -0.3 is 21.4 Å². The summed E-state index contributed by atoms with van der Waals surface area (Å²) in [6.07, 6.45) is 2.22. The van der Waals surface area contributed by atoms with Crippen molar-refractivity contribution >= 4 is 22.0 Å². The topological polar surface area (TPSA) is 21.9 Å². The lowest BCUT2D eigenvalue weighted by Gasteiger charge is -2.12. The van der Waals surface area contributed by atoms with E-state index in [0.29, 0.717) is 0 Å². The van der Waals surface area contributed by atoms with Gasteiger partial charge in [-0.25, -0.2) is 9.13 Å². The third kappa shape index (κ3) is 3.98. The van der Waals surface area contributed by atoms with Crippen LogP contribution < -0.4 is 21.5 Å². The van der Waals surface area contributed by atoms with Gasteiger partial charge in [0.2, 0.25) is 6.33 Å². The molecule has 0 bridgehead atoms. The Bertz CT molecular complexity index is 1470. The zero-order valence-corrected chi connectivity index (χ0v) is 19.6. The van der Waals surface area contributed by atoms with Gasteiger partial charge in [0, 0.05) is 10.9 Å². The number of imidazole rings is 1. The number of aromatic nitrogens is 2. The maximum absolute atomic E-state index is 6.39. The van der Waals surface area contributed by atoms with Gasteiger partial charge in [0.05, 0.1) is 0 Å². The zero-order valence-electron chi connectivity index (χ0n) is 18.0. The van der Waals surface area contributed by atoms with E-state index >= 15 is 0 Å². The van der Waals surface area contributed by atoms with Gasteiger partial charge in [-0.3, -0.25) is 0 Å². The van der Waals surface area contributed by atoms with Gasteiger partial charge in [0.1, 0.15) is 12.1 Å². The second kappa shape index (κ2) is 9.08. The molecule has 0 saturated carbocycles. The largest absolute Gasteiger partial charge is 1.00 e. The molecule has 0 radical (unpaired) electrons. The summed E-state index contributed by atoms with van der Waals surface area (Å²) in [6, 6.07) is 40.1. The average molecular weight is 495 g/mol. The van der Waals surface area contributed by atoms with E-state index < -0.39 is 0 Å². The van der Waals surface area contributed by atoms with Crippen molar-refractivity contribution in [3.05, 3.63) is 138 Å². The van der Waals surface area contributed by atoms with E-state index in [0.717, 1.165) is 23.3 Å². The Labute approximate surface area is 203 Å². The molecular weight excluding hydrogens is 472 g/mol. The number of furan rings is 1. The minimum absolute atomic E-state index is 0. The maximum Gasteiger partial charge on any atom is 0.245 e. The molecular formula is C29H23BrN2O. The summed E-state index contributed by atoms with van der Waals surface area (Å²) < 4.78 is 11.0. The average Bonchev–Trinajstić information content (AvgIpc) is 3.43. The van der Waals surface area contributed by atoms with Crippen LogP contribution in [-0.2, 0) is 6.54 Å². The van der Waals surface area contributed by atoms with Crippen molar-refractivity contribution in [2.45, 2.75) is 12.6 Å². The van der Waals surface area contributed by atoms with Gasteiger partial charge in [-0.2, -0.15) is 0 Å². The molecule has 2 heterocycles. The molecule has 1 unspecified atom stereocenters. The molecule has 0 saturated heterocycles. The predicted molar refractivity (Wildman–Crippen MR) is 128 cm³/mol. The molecule has 0 aliphatic rings. The van der Waals surface area contributed by atoms with Crippen molar-refractivity contribution in [3.63, 3.8) is 0 Å². The van der Waals surface area contributed by atoms with Gasteiger partial charge >= 0.3 is 0 Å². The van der Waals surface area contributed by atoms with Crippen LogP contribution in [0.3, 0.4) is 0 Å². The number of fused-ring (bicyclic) bond motifs is 2. The van der Waals surface area contributed by atoms with E-state index in [2.05, 4.69) is 119 Å². The Morgan fingerprint density at radius 2 is 1.39 bits per heavy atom. The lowest BCUT2D eigenvalue weighted by Crippen LogP contribution is -3.00. The second-order valence-corrected chi connectivity index (χ2v) is 8.12. The van der Waals surface area contributed by atoms with Crippen molar-refractivity contribution in [2.75, 3.05) is 0 Å². The van der Waals surface area contributed by atoms with Crippen molar-refractivity contribution in [3.8, 4) is 0 Å². The van der Waals surface area contributed by atoms with Gasteiger partial charge in [-0.15, -0.1) is 0 Å². The Morgan fingerprint density at radius 1 is 0.727 bits per heavy atom. The van der Waals surface area contributed by atoms with Gasteiger partial charge in [0.25, 0.3) is 0 Å². The fourth-order valence-corrected chi connectivity index (χ4v) is 4.55. The van der Waals surface area contributed by atoms with Crippen LogP contribution >= 0.6 is 0 Å². The first-order chi connectivity index (χ1) is 15.9. The van der Waals surface area contributed by atoms with Crippen molar-refractivity contribution in [1.29, 1.82) is 0 Å². The molecule has 0 aliphatic carbocycles. The molecule has 162 valence electrons. The molecule has 2 aromatic heterocycles. The first-order valence-electron chi connectivity index (χ1n) is 10.9. The number of benzene rings is 4. The predicted octanol–water partition coefficient (Wildman–Crippen LogP) is 3.37. The molecule has 0 fully saturated rings. The summed E-state index contributed by atoms with van der Waals surface area (Å²) >= 11 is 0. The number of nitrogens with zero attached hydrogens (tertiary/aromatic N) is 2. The quantitative estimate of drug-likeness (QED) is 0.337. The number of rotatable bonds is 5. The molecule has 33 heavy (non-hydrogen) atoms. The van der Waals surface area contributed by atoms with Crippen molar-refractivity contribution in [1.82, 2.24) is 4.57 Å². The maximum atomic E-state index is 6.39. The SMILES string of the molecule is [Br-].c1ccc(C[n+]2cn(C(c3ccccc3)c3cc4ccccc4o3)c3ccccc32)cc1. The second-order valence-electron chi connectivity index (χ2n) is 8.12. The van der Waals surface area contributed by atoms with Crippen LogP contribution in [0.5, 0.6) is 0 Å². The smallest absolute Gasteiger partial charge is 0.245 e. The van der Waals surface area contributed by atoms with Crippen LogP contribution in [0.1, 0.15) is 22.9 Å². The van der Waals surface area contributed by atoms with Crippen molar-refractivity contribution in [2.24, 2.45) is 0 Å². The minimum Gasteiger partial charge on any atom is -1.00 e. The molecule has 4 aromatic carbocycles. The highest BCUT2D eigenvalue weighted by Gasteiger charge is 2.29. The van der Waals surface area contributed by atoms with Gasteiger partial charge in [-0.1, -0.05) is 91.0 Å². The van der Waals surface area contributed by atoms with E-state index in [1.807, 2.05) is 12.1 Å². The van der Waals surface area contributed by atoms with Crippen LogP contribution in [0.15, 0.2) is 126 Å². The third-order valence-corrected chi connectivity index (χ3v) is 6.04. The standard InChI is InChI=1S/C29H23N2O.BrH/c1-3-11-22(12-4-1)20-30-21-31(26-17-9-8-16-25(26)30)29(23-13-5-2-6-14-23)28-19-24-15-7-10-18-27(24)32-28;/h1-19,21,29H,20H2;1H/q+1;/p-1. The highest BCUT2D eigenvalue weighted by Crippen LogP contribution is 2.33. The lowest BCUT2D eigenvalue weighted by molar-refractivity contribution is -0.663. The first-order valence-corrected chi connectivity index (χ1v) is 10.9. The Morgan fingerprint density at radius 3 is 2.18 bits per heavy atom.